The van der Waals surface area contributed by atoms with Gasteiger partial charge < -0.3 is 20.7 Å². The van der Waals surface area contributed by atoms with Crippen LogP contribution in [0.3, 0.4) is 0 Å². The van der Waals surface area contributed by atoms with Crippen LogP contribution in [-0.4, -0.2) is 48.5 Å². The summed E-state index contributed by atoms with van der Waals surface area (Å²) in [7, 11) is 0. The van der Waals surface area contributed by atoms with Crippen molar-refractivity contribution in [2.75, 3.05) is 36.8 Å². The number of carbonyl (C=O) groups is 1. The molecule has 1 aliphatic heterocycles. The third-order valence-electron chi connectivity index (χ3n) is 4.90. The van der Waals surface area contributed by atoms with Gasteiger partial charge in [-0.2, -0.15) is 0 Å². The molecule has 1 fully saturated rings. The molecule has 0 saturated carbocycles. The van der Waals surface area contributed by atoms with Crippen LogP contribution in [0.2, 0.25) is 0 Å². The second-order valence-electron chi connectivity index (χ2n) is 7.37. The number of halogens is 3. The van der Waals surface area contributed by atoms with Crippen LogP contribution in [0.4, 0.5) is 29.3 Å². The maximum Gasteiger partial charge on any atom is 0.573 e. The minimum Gasteiger partial charge on any atom is -0.404 e. The number of amides is 2. The Morgan fingerprint density at radius 3 is 2.55 bits per heavy atom. The van der Waals surface area contributed by atoms with Gasteiger partial charge in [-0.15, -0.1) is 24.5 Å². The van der Waals surface area contributed by atoms with Gasteiger partial charge in [0.1, 0.15) is 5.01 Å². The molecule has 0 radical (unpaired) electrons. The Balaban J connectivity index is 1.35. The van der Waals surface area contributed by atoms with E-state index in [4.69, 9.17) is 4.98 Å². The zero-order chi connectivity index (χ0) is 23.3. The van der Waals surface area contributed by atoms with Gasteiger partial charge in [0.2, 0.25) is 0 Å². The van der Waals surface area contributed by atoms with Gasteiger partial charge in [0, 0.05) is 49.4 Å². The highest BCUT2D eigenvalue weighted by molar-refractivity contribution is 7.13. The van der Waals surface area contributed by atoms with Crippen LogP contribution in [0.15, 0.2) is 53.9 Å². The van der Waals surface area contributed by atoms with Gasteiger partial charge in [-0.25, -0.2) is 9.78 Å². The highest BCUT2D eigenvalue weighted by Crippen LogP contribution is 2.30. The lowest BCUT2D eigenvalue weighted by atomic mass is 10.2. The molecule has 2 aromatic carbocycles. The van der Waals surface area contributed by atoms with Crippen molar-refractivity contribution in [3.8, 4) is 16.3 Å². The molecule has 0 aliphatic carbocycles. The second kappa shape index (κ2) is 10.2. The standard InChI is InChI=1S/C22H22F3N5O2S/c23-22(24,25)32-19-4-2-1-3-18(19)29-21(31)28-16-7-5-15(6-8-16)20-27-17(14-33-20)13-30-11-9-26-10-12-30/h1-8,14,26H,9-13H2,(H2,28,29,31). The molecule has 0 atom stereocenters. The van der Waals surface area contributed by atoms with E-state index in [9.17, 15) is 18.0 Å². The smallest absolute Gasteiger partial charge is 0.404 e. The molecule has 3 N–H and O–H groups in total. The maximum atomic E-state index is 12.5. The van der Waals surface area contributed by atoms with E-state index in [0.717, 1.165) is 55.1 Å². The van der Waals surface area contributed by atoms with Crippen molar-refractivity contribution in [2.24, 2.45) is 0 Å². The lowest BCUT2D eigenvalue weighted by Gasteiger charge is -2.26. The molecular formula is C22H22F3N5O2S. The SMILES string of the molecule is O=C(Nc1ccc(-c2nc(CN3CCNCC3)cs2)cc1)Nc1ccccc1OC(F)(F)F. The number of piperazine rings is 1. The summed E-state index contributed by atoms with van der Waals surface area (Å²) in [5.41, 5.74) is 2.34. The zero-order valence-corrected chi connectivity index (χ0v) is 18.3. The molecular weight excluding hydrogens is 455 g/mol. The second-order valence-corrected chi connectivity index (χ2v) is 8.23. The van der Waals surface area contributed by atoms with Crippen LogP contribution < -0.4 is 20.7 Å². The molecule has 0 bridgehead atoms. The molecule has 1 saturated heterocycles. The Bertz CT molecular complexity index is 1080. The van der Waals surface area contributed by atoms with E-state index in [0.29, 0.717) is 5.69 Å². The molecule has 1 aromatic heterocycles. The number of nitrogens with one attached hydrogen (secondary N) is 3. The molecule has 1 aliphatic rings. The van der Waals surface area contributed by atoms with Crippen LogP contribution in [0.25, 0.3) is 10.6 Å². The van der Waals surface area contributed by atoms with E-state index >= 15 is 0 Å². The molecule has 7 nitrogen and oxygen atoms in total. The average Bonchev–Trinajstić information content (AvgIpc) is 3.24. The lowest BCUT2D eigenvalue weighted by molar-refractivity contribution is -0.274. The van der Waals surface area contributed by atoms with E-state index in [1.54, 1.807) is 23.5 Å². The van der Waals surface area contributed by atoms with E-state index in [2.05, 4.69) is 31.0 Å². The Morgan fingerprint density at radius 1 is 1.09 bits per heavy atom. The molecule has 4 rings (SSSR count). The fourth-order valence-corrected chi connectivity index (χ4v) is 4.19. The summed E-state index contributed by atoms with van der Waals surface area (Å²) < 4.78 is 41.6. The molecule has 33 heavy (non-hydrogen) atoms. The van der Waals surface area contributed by atoms with Crippen LogP contribution >= 0.6 is 11.3 Å². The number of rotatable bonds is 6. The highest BCUT2D eigenvalue weighted by atomic mass is 32.1. The minimum absolute atomic E-state index is 0.0938. The number of carbonyl (C=O) groups excluding carboxylic acids is 1. The first-order valence-corrected chi connectivity index (χ1v) is 11.1. The quantitative estimate of drug-likeness (QED) is 0.477. The van der Waals surface area contributed by atoms with Crippen LogP contribution in [0, 0.1) is 0 Å². The maximum absolute atomic E-state index is 12.5. The van der Waals surface area contributed by atoms with Gasteiger partial charge in [0.25, 0.3) is 0 Å². The van der Waals surface area contributed by atoms with Crippen molar-refractivity contribution in [3.05, 3.63) is 59.6 Å². The Hall–Kier alpha value is -3.15. The number of nitrogens with zero attached hydrogens (tertiary/aromatic N) is 2. The average molecular weight is 478 g/mol. The van der Waals surface area contributed by atoms with Gasteiger partial charge in [-0.1, -0.05) is 12.1 Å². The van der Waals surface area contributed by atoms with Gasteiger partial charge in [0.15, 0.2) is 5.75 Å². The van der Waals surface area contributed by atoms with Crippen molar-refractivity contribution < 1.29 is 22.7 Å². The summed E-state index contributed by atoms with van der Waals surface area (Å²) in [6.07, 6.45) is -4.86. The first-order valence-electron chi connectivity index (χ1n) is 10.3. The predicted molar refractivity (Wildman–Crippen MR) is 121 cm³/mol. The Morgan fingerprint density at radius 2 is 1.82 bits per heavy atom. The van der Waals surface area contributed by atoms with Crippen LogP contribution in [0.5, 0.6) is 5.75 Å². The van der Waals surface area contributed by atoms with Crippen molar-refractivity contribution in [3.63, 3.8) is 0 Å². The van der Waals surface area contributed by atoms with Gasteiger partial charge in [-0.3, -0.25) is 4.90 Å². The van der Waals surface area contributed by atoms with E-state index in [1.165, 1.54) is 18.2 Å². The number of para-hydroxylation sites is 2. The largest absolute Gasteiger partial charge is 0.573 e. The van der Waals surface area contributed by atoms with Gasteiger partial charge >= 0.3 is 12.4 Å². The molecule has 0 spiro atoms. The summed E-state index contributed by atoms with van der Waals surface area (Å²) in [5, 5.41) is 11.2. The number of hydrogen-bond acceptors (Lipinski definition) is 6. The topological polar surface area (TPSA) is 78.5 Å². The number of benzene rings is 2. The van der Waals surface area contributed by atoms with Crippen molar-refractivity contribution >= 4 is 28.7 Å². The number of aromatic nitrogens is 1. The molecule has 174 valence electrons. The normalized spacial score (nSPS) is 14.6. The van der Waals surface area contributed by atoms with Crippen molar-refractivity contribution in [2.45, 2.75) is 12.9 Å². The summed E-state index contributed by atoms with van der Waals surface area (Å²) >= 11 is 1.56. The number of ether oxygens (including phenoxy) is 1. The van der Waals surface area contributed by atoms with E-state index < -0.39 is 18.1 Å². The summed E-state index contributed by atoms with van der Waals surface area (Å²) in [4.78, 5) is 19.3. The van der Waals surface area contributed by atoms with Crippen LogP contribution in [-0.2, 0) is 6.54 Å². The van der Waals surface area contributed by atoms with Crippen LogP contribution in [0.1, 0.15) is 5.69 Å². The fourth-order valence-electron chi connectivity index (χ4n) is 3.37. The third kappa shape index (κ3) is 6.67. The van der Waals surface area contributed by atoms with Gasteiger partial charge in [-0.05, 0) is 36.4 Å². The number of urea groups is 1. The van der Waals surface area contributed by atoms with Crippen molar-refractivity contribution in [1.82, 2.24) is 15.2 Å². The van der Waals surface area contributed by atoms with E-state index in [1.807, 2.05) is 12.1 Å². The Labute approximate surface area is 192 Å². The first-order chi connectivity index (χ1) is 15.9. The van der Waals surface area contributed by atoms with Crippen molar-refractivity contribution in [1.29, 1.82) is 0 Å². The van der Waals surface area contributed by atoms with E-state index in [-0.39, 0.29) is 5.69 Å². The number of hydrogen-bond donors (Lipinski definition) is 3. The molecule has 11 heteroatoms. The zero-order valence-electron chi connectivity index (χ0n) is 17.5. The van der Waals surface area contributed by atoms with Gasteiger partial charge in [0.05, 0.1) is 11.4 Å². The summed E-state index contributed by atoms with van der Waals surface area (Å²) in [6.45, 7) is 4.79. The summed E-state index contributed by atoms with van der Waals surface area (Å²) in [6, 6.07) is 11.7. The molecule has 0 unspecified atom stereocenters. The predicted octanol–water partition coefficient (Wildman–Crippen LogP) is 4.76. The highest BCUT2D eigenvalue weighted by Gasteiger charge is 2.32. The fraction of sp³-hybridized carbons (Fsp3) is 0.273. The first kappa shape index (κ1) is 23.0. The number of anilines is 2. The number of alkyl halides is 3. The third-order valence-corrected chi connectivity index (χ3v) is 5.84. The minimum atomic E-state index is -4.86. The Kier molecular flexibility index (Phi) is 7.11. The molecule has 2 amide bonds. The lowest BCUT2D eigenvalue weighted by Crippen LogP contribution is -2.42. The molecule has 3 aromatic rings. The number of thiazole rings is 1. The molecule has 2 heterocycles. The monoisotopic (exact) mass is 477 g/mol. The summed E-state index contributed by atoms with van der Waals surface area (Å²) in [5.74, 6) is -0.490.